The Morgan fingerprint density at radius 1 is 1.04 bits per heavy atom. The molecule has 0 saturated heterocycles. The minimum absolute atomic E-state index is 0.0407. The Labute approximate surface area is 144 Å². The fraction of sp³-hybridized carbons (Fsp3) is 0.611. The first kappa shape index (κ1) is 20.4. The quantitative estimate of drug-likeness (QED) is 0.563. The highest BCUT2D eigenvalue weighted by Crippen LogP contribution is 2.15. The van der Waals surface area contributed by atoms with Gasteiger partial charge in [0, 0.05) is 37.9 Å². The summed E-state index contributed by atoms with van der Waals surface area (Å²) in [5, 5.41) is 17.9. The first-order valence-electron chi connectivity index (χ1n) is 8.54. The van der Waals surface area contributed by atoms with Crippen molar-refractivity contribution in [2.24, 2.45) is 0 Å². The maximum Gasteiger partial charge on any atom is 0.254 e. The van der Waals surface area contributed by atoms with Crippen molar-refractivity contribution in [1.29, 1.82) is 0 Å². The zero-order chi connectivity index (χ0) is 17.8. The van der Waals surface area contributed by atoms with Crippen LogP contribution in [0.5, 0.6) is 0 Å². The van der Waals surface area contributed by atoms with E-state index in [2.05, 4.69) is 11.8 Å². The van der Waals surface area contributed by atoms with Crippen molar-refractivity contribution in [2.45, 2.75) is 19.8 Å². The average Bonchev–Trinajstić information content (AvgIpc) is 2.61. The highest BCUT2D eigenvalue weighted by Gasteiger charge is 2.15. The fourth-order valence-electron chi connectivity index (χ4n) is 2.34. The molecule has 1 rings (SSSR count). The van der Waals surface area contributed by atoms with Gasteiger partial charge in [-0.1, -0.05) is 13.3 Å². The molecule has 0 unspecified atom stereocenters. The van der Waals surface area contributed by atoms with Crippen LogP contribution in [-0.2, 0) is 4.74 Å². The second-order valence-electron chi connectivity index (χ2n) is 5.67. The number of rotatable bonds is 12. The maximum atomic E-state index is 12.5. The third kappa shape index (κ3) is 6.86. The Balaban J connectivity index is 2.65. The van der Waals surface area contributed by atoms with Gasteiger partial charge in [-0.3, -0.25) is 4.79 Å². The van der Waals surface area contributed by atoms with Gasteiger partial charge in [-0.25, -0.2) is 0 Å². The summed E-state index contributed by atoms with van der Waals surface area (Å²) < 4.78 is 5.20. The molecule has 0 heterocycles. The highest BCUT2D eigenvalue weighted by atomic mass is 16.5. The molecule has 24 heavy (non-hydrogen) atoms. The van der Waals surface area contributed by atoms with Crippen LogP contribution in [0.3, 0.4) is 0 Å². The molecule has 1 aromatic rings. The summed E-state index contributed by atoms with van der Waals surface area (Å²) in [4.78, 5) is 16.3. The molecule has 0 aromatic heterocycles. The molecule has 0 aliphatic heterocycles. The van der Waals surface area contributed by atoms with Gasteiger partial charge in [0.25, 0.3) is 5.91 Å². The number of hydrogen-bond donors (Lipinski definition) is 2. The second-order valence-corrected chi connectivity index (χ2v) is 5.67. The Hall–Kier alpha value is -1.63. The van der Waals surface area contributed by atoms with E-state index in [1.807, 2.05) is 31.3 Å². The van der Waals surface area contributed by atoms with E-state index in [0.717, 1.165) is 25.1 Å². The molecule has 136 valence electrons. The van der Waals surface area contributed by atoms with E-state index >= 15 is 0 Å². The van der Waals surface area contributed by atoms with Crippen molar-refractivity contribution >= 4 is 11.6 Å². The van der Waals surface area contributed by atoms with Gasteiger partial charge in [-0.05, 0) is 30.7 Å². The summed E-state index contributed by atoms with van der Waals surface area (Å²) in [5.41, 5.74) is 1.68. The lowest BCUT2D eigenvalue weighted by atomic mass is 10.1. The van der Waals surface area contributed by atoms with E-state index < -0.39 is 0 Å². The predicted octanol–water partition coefficient (Wildman–Crippen LogP) is 1.37. The Morgan fingerprint density at radius 2 is 1.75 bits per heavy atom. The molecule has 0 radical (unpaired) electrons. The number of carbonyl (C=O) groups is 1. The summed E-state index contributed by atoms with van der Waals surface area (Å²) in [6, 6.07) is 7.53. The van der Waals surface area contributed by atoms with Gasteiger partial charge in [0.1, 0.15) is 0 Å². The van der Waals surface area contributed by atoms with Gasteiger partial charge < -0.3 is 24.7 Å². The highest BCUT2D eigenvalue weighted by molar-refractivity contribution is 5.94. The number of amides is 1. The first-order valence-corrected chi connectivity index (χ1v) is 8.54. The van der Waals surface area contributed by atoms with Crippen LogP contribution in [0.2, 0.25) is 0 Å². The number of benzene rings is 1. The Kier molecular flexibility index (Phi) is 10.1. The van der Waals surface area contributed by atoms with E-state index in [1.165, 1.54) is 0 Å². The number of unbranched alkanes of at least 4 members (excludes halogenated alkanes) is 1. The lowest BCUT2D eigenvalue weighted by Crippen LogP contribution is -2.36. The van der Waals surface area contributed by atoms with E-state index in [1.54, 1.807) is 4.90 Å². The van der Waals surface area contributed by atoms with Crippen LogP contribution in [0.25, 0.3) is 0 Å². The molecule has 6 heteroatoms. The van der Waals surface area contributed by atoms with Gasteiger partial charge in [0.05, 0.1) is 26.4 Å². The van der Waals surface area contributed by atoms with Gasteiger partial charge in [-0.2, -0.15) is 0 Å². The molecule has 0 atom stereocenters. The Morgan fingerprint density at radius 3 is 2.33 bits per heavy atom. The average molecular weight is 338 g/mol. The predicted molar refractivity (Wildman–Crippen MR) is 95.5 cm³/mol. The van der Waals surface area contributed by atoms with Crippen LogP contribution in [0.4, 0.5) is 5.69 Å². The number of ether oxygens (including phenoxy) is 1. The molecular formula is C18H30N2O4. The van der Waals surface area contributed by atoms with Gasteiger partial charge in [0.2, 0.25) is 0 Å². The summed E-state index contributed by atoms with van der Waals surface area (Å²) in [6.07, 6.45) is 2.28. The molecule has 0 spiro atoms. The lowest BCUT2D eigenvalue weighted by molar-refractivity contribution is 0.0531. The lowest BCUT2D eigenvalue weighted by Gasteiger charge is -2.23. The largest absolute Gasteiger partial charge is 0.395 e. The summed E-state index contributed by atoms with van der Waals surface area (Å²) in [7, 11) is 2.04. The normalized spacial score (nSPS) is 10.7. The molecule has 6 nitrogen and oxygen atoms in total. The van der Waals surface area contributed by atoms with Crippen LogP contribution in [0.15, 0.2) is 24.3 Å². The van der Waals surface area contributed by atoms with Crippen molar-refractivity contribution in [2.75, 3.05) is 58.0 Å². The van der Waals surface area contributed by atoms with Crippen molar-refractivity contribution in [3.8, 4) is 0 Å². The monoisotopic (exact) mass is 338 g/mol. The topological polar surface area (TPSA) is 73.2 Å². The molecular weight excluding hydrogens is 308 g/mol. The Bertz CT molecular complexity index is 465. The van der Waals surface area contributed by atoms with Crippen molar-refractivity contribution in [1.82, 2.24) is 4.90 Å². The van der Waals surface area contributed by atoms with Crippen molar-refractivity contribution in [3.05, 3.63) is 29.8 Å². The minimum Gasteiger partial charge on any atom is -0.395 e. The zero-order valence-corrected chi connectivity index (χ0v) is 14.8. The molecule has 2 N–H and O–H groups in total. The number of hydrogen-bond acceptors (Lipinski definition) is 5. The smallest absolute Gasteiger partial charge is 0.254 e. The van der Waals surface area contributed by atoms with E-state index in [9.17, 15) is 4.79 Å². The molecule has 0 aliphatic rings. The van der Waals surface area contributed by atoms with Crippen LogP contribution in [0.1, 0.15) is 30.1 Å². The van der Waals surface area contributed by atoms with Gasteiger partial charge in [-0.15, -0.1) is 0 Å². The van der Waals surface area contributed by atoms with Crippen molar-refractivity contribution < 1.29 is 19.7 Å². The standard InChI is InChI=1S/C18H30N2O4/c1-3-4-9-19(2)17-7-5-16(6-8-17)18(23)20(10-12-21)11-14-24-15-13-22/h5-8,21-22H,3-4,9-15H2,1-2H3. The molecule has 1 aromatic carbocycles. The molecule has 0 bridgehead atoms. The molecule has 0 fully saturated rings. The van der Waals surface area contributed by atoms with Gasteiger partial charge in [0.15, 0.2) is 0 Å². The van der Waals surface area contributed by atoms with Crippen LogP contribution in [0, 0.1) is 0 Å². The summed E-state index contributed by atoms with van der Waals surface area (Å²) >= 11 is 0. The number of aliphatic hydroxyl groups excluding tert-OH is 2. The second kappa shape index (κ2) is 11.8. The molecule has 0 aliphatic carbocycles. The zero-order valence-electron chi connectivity index (χ0n) is 14.8. The first-order chi connectivity index (χ1) is 11.6. The SMILES string of the molecule is CCCCN(C)c1ccc(C(=O)N(CCO)CCOCCO)cc1. The fourth-order valence-corrected chi connectivity index (χ4v) is 2.34. The van der Waals surface area contributed by atoms with E-state index in [-0.39, 0.29) is 32.3 Å². The van der Waals surface area contributed by atoms with E-state index in [0.29, 0.717) is 18.7 Å². The van der Waals surface area contributed by atoms with Crippen LogP contribution >= 0.6 is 0 Å². The van der Waals surface area contributed by atoms with E-state index in [4.69, 9.17) is 14.9 Å². The number of carbonyl (C=O) groups excluding carboxylic acids is 1. The van der Waals surface area contributed by atoms with Crippen LogP contribution < -0.4 is 4.90 Å². The molecule has 0 saturated carbocycles. The van der Waals surface area contributed by atoms with Gasteiger partial charge >= 0.3 is 0 Å². The van der Waals surface area contributed by atoms with Crippen molar-refractivity contribution in [3.63, 3.8) is 0 Å². The third-order valence-corrected chi connectivity index (χ3v) is 3.80. The molecule has 1 amide bonds. The third-order valence-electron chi connectivity index (χ3n) is 3.80. The number of nitrogens with zero attached hydrogens (tertiary/aromatic N) is 2. The minimum atomic E-state index is -0.126. The number of anilines is 1. The maximum absolute atomic E-state index is 12.5. The summed E-state index contributed by atoms with van der Waals surface area (Å²) in [6.45, 7) is 4.25. The summed E-state index contributed by atoms with van der Waals surface area (Å²) in [5.74, 6) is -0.126. The van der Waals surface area contributed by atoms with Crippen LogP contribution in [-0.4, -0.2) is 74.1 Å². The number of aliphatic hydroxyl groups is 2.